The van der Waals surface area contributed by atoms with Crippen molar-refractivity contribution in [3.8, 4) is 11.5 Å². The molecular formula is C22H20Cl2N2O3. The number of ether oxygens (including phenoxy) is 2. The van der Waals surface area contributed by atoms with Crippen molar-refractivity contribution >= 4 is 40.5 Å². The molecule has 7 heteroatoms. The van der Waals surface area contributed by atoms with Crippen molar-refractivity contribution in [1.29, 1.82) is 0 Å². The Morgan fingerprint density at radius 3 is 2.31 bits per heavy atom. The van der Waals surface area contributed by atoms with Crippen LogP contribution in [0.4, 0.5) is 11.4 Å². The number of anilines is 2. The summed E-state index contributed by atoms with van der Waals surface area (Å²) in [6, 6.07) is 21.9. The molecule has 0 radical (unpaired) electrons. The summed E-state index contributed by atoms with van der Waals surface area (Å²) >= 11 is 11.9. The van der Waals surface area contributed by atoms with Crippen LogP contribution >= 0.6 is 23.2 Å². The van der Waals surface area contributed by atoms with Crippen LogP contribution in [0.5, 0.6) is 11.5 Å². The van der Waals surface area contributed by atoms with E-state index < -0.39 is 0 Å². The van der Waals surface area contributed by atoms with Crippen molar-refractivity contribution in [2.45, 2.75) is 0 Å². The Bertz CT molecular complexity index is 952. The summed E-state index contributed by atoms with van der Waals surface area (Å²) < 4.78 is 11.3. The van der Waals surface area contributed by atoms with Crippen molar-refractivity contribution in [3.63, 3.8) is 0 Å². The minimum atomic E-state index is -0.225. The average Bonchev–Trinajstić information content (AvgIpc) is 2.73. The van der Waals surface area contributed by atoms with Crippen LogP contribution in [0.15, 0.2) is 72.8 Å². The van der Waals surface area contributed by atoms with E-state index in [1.807, 2.05) is 54.6 Å². The zero-order valence-corrected chi connectivity index (χ0v) is 17.0. The Morgan fingerprint density at radius 1 is 0.828 bits per heavy atom. The Morgan fingerprint density at radius 2 is 1.55 bits per heavy atom. The minimum absolute atomic E-state index is 0.0829. The number of hydrogen-bond donors (Lipinski definition) is 2. The lowest BCUT2D eigenvalue weighted by Gasteiger charge is -2.11. The molecule has 150 valence electrons. The smallest absolute Gasteiger partial charge is 0.243 e. The highest BCUT2D eigenvalue weighted by Gasteiger charge is 2.07. The molecule has 5 nitrogen and oxygen atoms in total. The van der Waals surface area contributed by atoms with Crippen LogP contribution in [0.3, 0.4) is 0 Å². The van der Waals surface area contributed by atoms with Gasteiger partial charge in [-0.15, -0.1) is 0 Å². The molecule has 3 rings (SSSR count). The molecule has 0 heterocycles. The molecule has 2 N–H and O–H groups in total. The van der Waals surface area contributed by atoms with Gasteiger partial charge in [0.05, 0.1) is 17.3 Å². The molecule has 0 aliphatic heterocycles. The van der Waals surface area contributed by atoms with E-state index in [-0.39, 0.29) is 12.5 Å². The van der Waals surface area contributed by atoms with Crippen LogP contribution in [-0.4, -0.2) is 25.7 Å². The van der Waals surface area contributed by atoms with E-state index in [1.165, 1.54) is 0 Å². The van der Waals surface area contributed by atoms with Crippen molar-refractivity contribution in [1.82, 2.24) is 0 Å². The van der Waals surface area contributed by atoms with E-state index in [0.29, 0.717) is 34.7 Å². The average molecular weight is 431 g/mol. The lowest BCUT2D eigenvalue weighted by atomic mass is 10.3. The number of carbonyl (C=O) groups is 1. The summed E-state index contributed by atoms with van der Waals surface area (Å²) in [5.41, 5.74) is 1.28. The third-order valence-electron chi connectivity index (χ3n) is 3.86. The van der Waals surface area contributed by atoms with E-state index in [4.69, 9.17) is 32.7 Å². The summed E-state index contributed by atoms with van der Waals surface area (Å²) in [7, 11) is 0. The summed E-state index contributed by atoms with van der Waals surface area (Å²) in [4.78, 5) is 12.1. The van der Waals surface area contributed by atoms with Crippen LogP contribution in [-0.2, 0) is 4.79 Å². The second-order valence-corrected chi connectivity index (χ2v) is 6.91. The van der Waals surface area contributed by atoms with Gasteiger partial charge in [-0.05, 0) is 42.5 Å². The van der Waals surface area contributed by atoms with Gasteiger partial charge in [0.1, 0.15) is 24.7 Å². The van der Waals surface area contributed by atoms with Crippen LogP contribution in [0.1, 0.15) is 0 Å². The van der Waals surface area contributed by atoms with Gasteiger partial charge in [-0.1, -0.05) is 47.5 Å². The molecule has 0 fully saturated rings. The first-order chi connectivity index (χ1) is 14.1. The van der Waals surface area contributed by atoms with Gasteiger partial charge in [-0.25, -0.2) is 0 Å². The van der Waals surface area contributed by atoms with Gasteiger partial charge in [0.15, 0.2) is 0 Å². The quantitative estimate of drug-likeness (QED) is 0.439. The second-order valence-electron chi connectivity index (χ2n) is 6.06. The Balaban J connectivity index is 1.43. The van der Waals surface area contributed by atoms with Crippen molar-refractivity contribution in [2.24, 2.45) is 0 Å². The van der Waals surface area contributed by atoms with Gasteiger partial charge in [0.25, 0.3) is 0 Å². The largest absolute Gasteiger partial charge is 0.490 e. The lowest BCUT2D eigenvalue weighted by molar-refractivity contribution is -0.114. The maximum atomic E-state index is 12.1. The molecular weight excluding hydrogens is 411 g/mol. The Kier molecular flexibility index (Phi) is 7.61. The van der Waals surface area contributed by atoms with E-state index in [9.17, 15) is 4.79 Å². The number of para-hydroxylation sites is 1. The third kappa shape index (κ3) is 6.89. The van der Waals surface area contributed by atoms with Gasteiger partial charge in [-0.2, -0.15) is 0 Å². The van der Waals surface area contributed by atoms with Crippen molar-refractivity contribution in [2.75, 3.05) is 30.4 Å². The highest BCUT2D eigenvalue weighted by molar-refractivity contribution is 6.36. The van der Waals surface area contributed by atoms with E-state index >= 15 is 0 Å². The molecule has 0 aromatic heterocycles. The molecule has 0 saturated carbocycles. The molecule has 3 aromatic carbocycles. The molecule has 0 spiro atoms. The first-order valence-electron chi connectivity index (χ1n) is 8.99. The predicted octanol–water partition coefficient (Wildman–Crippen LogP) is 5.50. The second kappa shape index (κ2) is 10.6. The molecule has 29 heavy (non-hydrogen) atoms. The molecule has 0 saturated heterocycles. The normalized spacial score (nSPS) is 10.3. The molecule has 0 bridgehead atoms. The van der Waals surface area contributed by atoms with Gasteiger partial charge in [-0.3, -0.25) is 4.79 Å². The van der Waals surface area contributed by atoms with Crippen LogP contribution in [0.2, 0.25) is 10.0 Å². The summed E-state index contributed by atoms with van der Waals surface area (Å²) in [5.74, 6) is 1.27. The molecule has 3 aromatic rings. The molecule has 0 unspecified atom stereocenters. The number of nitrogens with one attached hydrogen (secondary N) is 2. The van der Waals surface area contributed by atoms with Gasteiger partial charge < -0.3 is 20.1 Å². The zero-order valence-electron chi connectivity index (χ0n) is 15.5. The van der Waals surface area contributed by atoms with Crippen molar-refractivity contribution in [3.05, 3.63) is 82.8 Å². The maximum Gasteiger partial charge on any atom is 0.243 e. The summed E-state index contributed by atoms with van der Waals surface area (Å²) in [5, 5.41) is 6.70. The van der Waals surface area contributed by atoms with Gasteiger partial charge in [0.2, 0.25) is 5.91 Å². The summed E-state index contributed by atoms with van der Waals surface area (Å²) in [6.07, 6.45) is 0. The fraction of sp³-hybridized carbons (Fsp3) is 0.136. The van der Waals surface area contributed by atoms with Gasteiger partial charge in [0, 0.05) is 16.8 Å². The third-order valence-corrected chi connectivity index (χ3v) is 4.40. The number of carbonyl (C=O) groups excluding carboxylic acids is 1. The fourth-order valence-corrected chi connectivity index (χ4v) is 2.95. The topological polar surface area (TPSA) is 59.6 Å². The molecule has 0 atom stereocenters. The van der Waals surface area contributed by atoms with Gasteiger partial charge >= 0.3 is 0 Å². The van der Waals surface area contributed by atoms with E-state index in [2.05, 4.69) is 10.6 Å². The van der Waals surface area contributed by atoms with Crippen LogP contribution < -0.4 is 20.1 Å². The number of rotatable bonds is 9. The molecule has 0 aliphatic rings. The van der Waals surface area contributed by atoms with E-state index in [0.717, 1.165) is 11.4 Å². The first kappa shape index (κ1) is 20.8. The monoisotopic (exact) mass is 430 g/mol. The standard InChI is InChI=1S/C22H20Cl2N2O3/c23-16-9-10-21(20(24)13-16)26-22(27)15-25-17-5-4-8-19(14-17)29-12-11-28-18-6-2-1-3-7-18/h1-10,13-14,25H,11-12,15H2,(H,26,27). The molecule has 1 amide bonds. The van der Waals surface area contributed by atoms with Crippen molar-refractivity contribution < 1.29 is 14.3 Å². The number of hydrogen-bond acceptors (Lipinski definition) is 4. The Labute approximate surface area is 179 Å². The molecule has 0 aliphatic carbocycles. The zero-order chi connectivity index (χ0) is 20.5. The fourth-order valence-electron chi connectivity index (χ4n) is 2.50. The number of halogens is 2. The highest BCUT2D eigenvalue weighted by atomic mass is 35.5. The number of benzene rings is 3. The minimum Gasteiger partial charge on any atom is -0.490 e. The first-order valence-corrected chi connectivity index (χ1v) is 9.75. The SMILES string of the molecule is O=C(CNc1cccc(OCCOc2ccccc2)c1)Nc1ccc(Cl)cc1Cl. The summed E-state index contributed by atoms with van der Waals surface area (Å²) in [6.45, 7) is 0.930. The van der Waals surface area contributed by atoms with E-state index in [1.54, 1.807) is 18.2 Å². The van der Waals surface area contributed by atoms with Crippen LogP contribution in [0, 0.1) is 0 Å². The highest BCUT2D eigenvalue weighted by Crippen LogP contribution is 2.25. The predicted molar refractivity (Wildman–Crippen MR) is 117 cm³/mol. The Hall–Kier alpha value is -2.89. The van der Waals surface area contributed by atoms with Crippen LogP contribution in [0.25, 0.3) is 0 Å². The maximum absolute atomic E-state index is 12.1. The number of amides is 1. The lowest BCUT2D eigenvalue weighted by Crippen LogP contribution is -2.21.